The van der Waals surface area contributed by atoms with Gasteiger partial charge >= 0.3 is 0 Å². The highest BCUT2D eigenvalue weighted by Gasteiger charge is 2.14. The molecule has 30 heavy (non-hydrogen) atoms. The molecular formula is C21H23Br2N3O3S. The van der Waals surface area contributed by atoms with Crippen LogP contribution in [-0.2, 0) is 4.79 Å². The maximum Gasteiger partial charge on any atom is 0.269 e. The average molecular weight is 557 g/mol. The lowest BCUT2D eigenvalue weighted by Crippen LogP contribution is -2.49. The second kappa shape index (κ2) is 10.9. The molecular weight excluding hydrogens is 534 g/mol. The van der Waals surface area contributed by atoms with Gasteiger partial charge in [-0.25, -0.2) is 0 Å². The summed E-state index contributed by atoms with van der Waals surface area (Å²) in [6.07, 6.45) is 0. The van der Waals surface area contributed by atoms with E-state index in [2.05, 4.69) is 61.9 Å². The van der Waals surface area contributed by atoms with Gasteiger partial charge in [0.05, 0.1) is 0 Å². The van der Waals surface area contributed by atoms with E-state index in [4.69, 9.17) is 17.0 Å². The molecule has 0 saturated carbocycles. The fourth-order valence-electron chi connectivity index (χ4n) is 2.50. The third kappa shape index (κ3) is 6.78. The van der Waals surface area contributed by atoms with Crippen LogP contribution >= 0.6 is 44.1 Å². The van der Waals surface area contributed by atoms with Gasteiger partial charge in [0, 0.05) is 14.5 Å². The summed E-state index contributed by atoms with van der Waals surface area (Å²) in [7, 11) is 0. The Labute approximate surface area is 198 Å². The molecule has 2 amide bonds. The number of rotatable bonds is 5. The normalized spacial score (nSPS) is 10.5. The van der Waals surface area contributed by atoms with Gasteiger partial charge in [-0.05, 0) is 72.9 Å². The fraction of sp³-hybridized carbons (Fsp3) is 0.286. The van der Waals surface area contributed by atoms with Gasteiger partial charge < -0.3 is 4.74 Å². The van der Waals surface area contributed by atoms with Gasteiger partial charge in [0.2, 0.25) is 0 Å². The Morgan fingerprint density at radius 1 is 1.03 bits per heavy atom. The molecule has 0 aliphatic carbocycles. The molecule has 9 heteroatoms. The van der Waals surface area contributed by atoms with E-state index in [0.717, 1.165) is 25.6 Å². The number of hydrazine groups is 1. The van der Waals surface area contributed by atoms with Gasteiger partial charge in [-0.15, -0.1) is 0 Å². The number of carbonyl (C=O) groups is 2. The van der Waals surface area contributed by atoms with Crippen LogP contribution in [-0.4, -0.2) is 23.5 Å². The summed E-state index contributed by atoms with van der Waals surface area (Å²) in [5, 5.41) is 2.45. The summed E-state index contributed by atoms with van der Waals surface area (Å²) in [5.74, 6) is 0.0725. The minimum absolute atomic E-state index is 0.0285. The molecule has 2 aromatic rings. The lowest BCUT2D eigenvalue weighted by Gasteiger charge is -2.16. The van der Waals surface area contributed by atoms with Crippen molar-refractivity contribution < 1.29 is 14.3 Å². The van der Waals surface area contributed by atoms with E-state index in [1.54, 1.807) is 12.1 Å². The first kappa shape index (κ1) is 24.3. The number of hydrogen-bond acceptors (Lipinski definition) is 4. The summed E-state index contributed by atoms with van der Waals surface area (Å²) in [5.41, 5.74) is 8.44. The average Bonchev–Trinajstić information content (AvgIpc) is 2.68. The van der Waals surface area contributed by atoms with Gasteiger partial charge in [-0.3, -0.25) is 25.8 Å². The van der Waals surface area contributed by atoms with Gasteiger partial charge in [0.25, 0.3) is 11.8 Å². The Bertz CT molecular complexity index is 980. The van der Waals surface area contributed by atoms with Crippen molar-refractivity contribution in [1.82, 2.24) is 16.2 Å². The molecule has 0 spiro atoms. The smallest absolute Gasteiger partial charge is 0.269 e. The summed E-state index contributed by atoms with van der Waals surface area (Å²) in [4.78, 5) is 24.3. The first-order valence-corrected chi connectivity index (χ1v) is 11.2. The molecule has 6 nitrogen and oxygen atoms in total. The van der Waals surface area contributed by atoms with Crippen molar-refractivity contribution in [2.75, 3.05) is 6.61 Å². The highest BCUT2D eigenvalue weighted by molar-refractivity contribution is 9.10. The maximum absolute atomic E-state index is 12.2. The Hall–Kier alpha value is -1.97. The molecule has 0 aromatic heterocycles. The second-order valence-electron chi connectivity index (χ2n) is 7.00. The maximum atomic E-state index is 12.2. The molecule has 2 aromatic carbocycles. The zero-order valence-corrected chi connectivity index (χ0v) is 21.0. The summed E-state index contributed by atoms with van der Waals surface area (Å²) < 4.78 is 7.52. The number of benzene rings is 2. The highest BCUT2D eigenvalue weighted by atomic mass is 79.9. The standard InChI is InChI=1S/C21H23Br2N3O3S/c1-11(2)15-9-17(23)13(4)7-18(15)29-10-19(27)24-21(30)26-25-20(28)14-6-5-12(3)16(22)8-14/h5-9,11H,10H2,1-4H3,(H,25,28)(H2,24,26,27,30). The highest BCUT2D eigenvalue weighted by Crippen LogP contribution is 2.32. The molecule has 0 aliphatic rings. The minimum atomic E-state index is -0.435. The van der Waals surface area contributed by atoms with Crippen LogP contribution in [0.3, 0.4) is 0 Å². The molecule has 2 rings (SSSR count). The number of carbonyl (C=O) groups excluding carboxylic acids is 2. The molecule has 0 aliphatic heterocycles. The topological polar surface area (TPSA) is 79.5 Å². The summed E-state index contributed by atoms with van der Waals surface area (Å²) in [6, 6.07) is 9.11. The van der Waals surface area contributed by atoms with Crippen molar-refractivity contribution in [2.45, 2.75) is 33.6 Å². The molecule has 0 radical (unpaired) electrons. The van der Waals surface area contributed by atoms with Gasteiger partial charge in [-0.1, -0.05) is 51.8 Å². The molecule has 0 fully saturated rings. The number of halogens is 2. The van der Waals surface area contributed by atoms with Gasteiger partial charge in [-0.2, -0.15) is 0 Å². The molecule has 3 N–H and O–H groups in total. The Kier molecular flexibility index (Phi) is 8.81. The Balaban J connectivity index is 1.86. The SMILES string of the molecule is Cc1ccc(C(=O)NNC(=S)NC(=O)COc2cc(C)c(Br)cc2C(C)C)cc1Br. The predicted molar refractivity (Wildman–Crippen MR) is 129 cm³/mol. The van der Waals surface area contributed by atoms with Crippen LogP contribution < -0.4 is 20.9 Å². The van der Waals surface area contributed by atoms with Crippen LogP contribution in [0.15, 0.2) is 39.3 Å². The largest absolute Gasteiger partial charge is 0.483 e. The lowest BCUT2D eigenvalue weighted by atomic mass is 10.0. The zero-order valence-electron chi connectivity index (χ0n) is 17.1. The number of ether oxygens (including phenoxy) is 1. The van der Waals surface area contributed by atoms with E-state index in [1.807, 2.05) is 32.0 Å². The number of thiocarbonyl (C=S) groups is 1. The zero-order chi connectivity index (χ0) is 22.4. The lowest BCUT2D eigenvalue weighted by molar-refractivity contribution is -0.121. The Morgan fingerprint density at radius 3 is 2.33 bits per heavy atom. The van der Waals surface area contributed by atoms with Crippen molar-refractivity contribution >= 4 is 61.0 Å². The second-order valence-corrected chi connectivity index (χ2v) is 9.12. The first-order chi connectivity index (χ1) is 14.1. The summed E-state index contributed by atoms with van der Waals surface area (Å²) >= 11 is 12.0. The van der Waals surface area contributed by atoms with E-state index in [9.17, 15) is 9.59 Å². The molecule has 0 bridgehead atoms. The number of hydrogen-bond donors (Lipinski definition) is 3. The van der Waals surface area contributed by atoms with E-state index in [0.29, 0.717) is 11.3 Å². The van der Waals surface area contributed by atoms with Gasteiger partial charge in [0.1, 0.15) is 5.75 Å². The molecule has 0 heterocycles. The van der Waals surface area contributed by atoms with E-state index in [1.165, 1.54) is 0 Å². The van der Waals surface area contributed by atoms with Crippen LogP contribution in [0.2, 0.25) is 0 Å². The predicted octanol–water partition coefficient (Wildman–Crippen LogP) is 4.67. The fourth-order valence-corrected chi connectivity index (χ4v) is 3.41. The number of nitrogens with one attached hydrogen (secondary N) is 3. The third-order valence-corrected chi connectivity index (χ3v) is 6.16. The van der Waals surface area contributed by atoms with Crippen LogP contribution in [0.25, 0.3) is 0 Å². The third-order valence-electron chi connectivity index (χ3n) is 4.25. The molecule has 160 valence electrons. The van der Waals surface area contributed by atoms with Crippen LogP contribution in [0.4, 0.5) is 0 Å². The van der Waals surface area contributed by atoms with Crippen molar-refractivity contribution in [2.24, 2.45) is 0 Å². The van der Waals surface area contributed by atoms with Crippen LogP contribution in [0.1, 0.15) is 46.8 Å². The molecule has 0 saturated heterocycles. The Morgan fingerprint density at radius 2 is 1.70 bits per heavy atom. The van der Waals surface area contributed by atoms with Crippen LogP contribution in [0, 0.1) is 13.8 Å². The van der Waals surface area contributed by atoms with E-state index in [-0.39, 0.29) is 23.5 Å². The molecule has 0 atom stereocenters. The van der Waals surface area contributed by atoms with Crippen LogP contribution in [0.5, 0.6) is 5.75 Å². The monoisotopic (exact) mass is 555 g/mol. The number of amides is 2. The van der Waals surface area contributed by atoms with E-state index >= 15 is 0 Å². The van der Waals surface area contributed by atoms with Gasteiger partial charge in [0.15, 0.2) is 11.7 Å². The first-order valence-electron chi connectivity index (χ1n) is 9.17. The quantitative estimate of drug-likeness (QED) is 0.368. The van der Waals surface area contributed by atoms with Crippen molar-refractivity contribution in [3.05, 3.63) is 61.5 Å². The van der Waals surface area contributed by atoms with Crippen molar-refractivity contribution in [3.63, 3.8) is 0 Å². The van der Waals surface area contributed by atoms with Crippen molar-refractivity contribution in [3.8, 4) is 5.75 Å². The minimum Gasteiger partial charge on any atom is -0.483 e. The number of aryl methyl sites for hydroxylation is 2. The molecule has 0 unspecified atom stereocenters. The summed E-state index contributed by atoms with van der Waals surface area (Å²) in [6.45, 7) is 7.78. The van der Waals surface area contributed by atoms with Crippen molar-refractivity contribution in [1.29, 1.82) is 0 Å². The van der Waals surface area contributed by atoms with E-state index < -0.39 is 5.91 Å².